The molecular weight excluding hydrogens is 216 g/mol. The number of aryl methyl sites for hydroxylation is 1. The molecule has 0 aromatic heterocycles. The second-order valence-corrected chi connectivity index (χ2v) is 3.91. The third-order valence-corrected chi connectivity index (χ3v) is 2.53. The topological polar surface area (TPSA) is 57.5 Å². The molecule has 3 heteroatoms. The van der Waals surface area contributed by atoms with Crippen molar-refractivity contribution in [1.82, 2.24) is 0 Å². The molecule has 2 rings (SSSR count). The van der Waals surface area contributed by atoms with Gasteiger partial charge in [0.25, 0.3) is 0 Å². The molecule has 0 heterocycles. The van der Waals surface area contributed by atoms with Crippen LogP contribution in [0.3, 0.4) is 0 Å². The molecule has 0 unspecified atom stereocenters. The fraction of sp³-hybridized carbons (Fsp3) is 0.0714. The third-order valence-electron chi connectivity index (χ3n) is 2.53. The fourth-order valence-electron chi connectivity index (χ4n) is 1.84. The van der Waals surface area contributed by atoms with Gasteiger partial charge in [0.1, 0.15) is 5.75 Å². The molecule has 0 aliphatic rings. The quantitative estimate of drug-likeness (QED) is 0.830. The van der Waals surface area contributed by atoms with Crippen molar-refractivity contribution in [1.29, 1.82) is 0 Å². The predicted octanol–water partition coefficient (Wildman–Crippen LogP) is 3.07. The van der Waals surface area contributed by atoms with Crippen molar-refractivity contribution in [3.63, 3.8) is 0 Å². The molecule has 86 valence electrons. The molecule has 0 aliphatic carbocycles. The van der Waals surface area contributed by atoms with Gasteiger partial charge in [-0.2, -0.15) is 0 Å². The molecule has 2 aromatic rings. The van der Waals surface area contributed by atoms with Gasteiger partial charge in [0.2, 0.25) is 0 Å². The van der Waals surface area contributed by atoms with Crippen LogP contribution in [0.1, 0.15) is 15.9 Å². The first-order valence-electron chi connectivity index (χ1n) is 5.21. The zero-order chi connectivity index (χ0) is 12.4. The molecule has 2 N–H and O–H groups in total. The molecule has 0 saturated carbocycles. The van der Waals surface area contributed by atoms with Crippen LogP contribution in [0.15, 0.2) is 42.5 Å². The standard InChI is InChI=1S/C14H12O3/c1-9-6-10(8-11(15)7-9)12-4-2-3-5-13(12)14(16)17/h2-8,15H,1H3,(H,16,17). The molecule has 17 heavy (non-hydrogen) atoms. The van der Waals surface area contributed by atoms with Gasteiger partial charge in [-0.3, -0.25) is 0 Å². The van der Waals surface area contributed by atoms with Gasteiger partial charge in [0.05, 0.1) is 5.56 Å². The van der Waals surface area contributed by atoms with Crippen LogP contribution in [-0.4, -0.2) is 16.2 Å². The lowest BCUT2D eigenvalue weighted by molar-refractivity contribution is 0.0697. The molecule has 0 fully saturated rings. The number of carbonyl (C=O) groups is 1. The number of aromatic carboxylic acids is 1. The van der Waals surface area contributed by atoms with E-state index in [-0.39, 0.29) is 11.3 Å². The minimum atomic E-state index is -0.971. The maximum absolute atomic E-state index is 11.1. The maximum atomic E-state index is 11.1. The van der Waals surface area contributed by atoms with E-state index in [1.807, 2.05) is 13.0 Å². The van der Waals surface area contributed by atoms with Gasteiger partial charge in [-0.05, 0) is 41.8 Å². The van der Waals surface area contributed by atoms with E-state index in [0.717, 1.165) is 5.56 Å². The van der Waals surface area contributed by atoms with Crippen molar-refractivity contribution in [2.24, 2.45) is 0 Å². The average Bonchev–Trinajstić information content (AvgIpc) is 2.27. The first-order chi connectivity index (χ1) is 8.08. The molecule has 3 nitrogen and oxygen atoms in total. The summed E-state index contributed by atoms with van der Waals surface area (Å²) in [5.74, 6) is -0.832. The Morgan fingerprint density at radius 1 is 1.12 bits per heavy atom. The first kappa shape index (κ1) is 11.2. The van der Waals surface area contributed by atoms with E-state index in [2.05, 4.69) is 0 Å². The van der Waals surface area contributed by atoms with Crippen LogP contribution in [0.25, 0.3) is 11.1 Å². The highest BCUT2D eigenvalue weighted by Crippen LogP contribution is 2.28. The highest BCUT2D eigenvalue weighted by molar-refractivity contribution is 5.96. The molecule has 0 atom stereocenters. The van der Waals surface area contributed by atoms with Crippen molar-refractivity contribution >= 4 is 5.97 Å². The minimum absolute atomic E-state index is 0.139. The molecule has 0 amide bonds. The van der Waals surface area contributed by atoms with Crippen LogP contribution in [0.5, 0.6) is 5.75 Å². The number of carboxylic acids is 1. The Morgan fingerprint density at radius 2 is 1.82 bits per heavy atom. The van der Waals surface area contributed by atoms with E-state index >= 15 is 0 Å². The smallest absolute Gasteiger partial charge is 0.336 e. The Bertz CT molecular complexity index is 553. The summed E-state index contributed by atoms with van der Waals surface area (Å²) in [7, 11) is 0. The number of carboxylic acid groups (broad SMARTS) is 1. The number of hydrogen-bond acceptors (Lipinski definition) is 2. The Balaban J connectivity index is 2.64. The molecule has 0 spiro atoms. The van der Waals surface area contributed by atoms with E-state index in [0.29, 0.717) is 11.1 Å². The van der Waals surface area contributed by atoms with Crippen molar-refractivity contribution in [3.8, 4) is 16.9 Å². The number of hydrogen-bond donors (Lipinski definition) is 2. The van der Waals surface area contributed by atoms with E-state index in [1.54, 1.807) is 36.4 Å². The van der Waals surface area contributed by atoms with Crippen LogP contribution in [0.4, 0.5) is 0 Å². The lowest BCUT2D eigenvalue weighted by Crippen LogP contribution is -1.99. The molecular formula is C14H12O3. The molecule has 0 radical (unpaired) electrons. The number of phenolic OH excluding ortho intramolecular Hbond substituents is 1. The zero-order valence-electron chi connectivity index (χ0n) is 9.34. The van der Waals surface area contributed by atoms with E-state index in [1.165, 1.54) is 0 Å². The lowest BCUT2D eigenvalue weighted by atomic mass is 9.98. The molecule has 2 aromatic carbocycles. The van der Waals surface area contributed by atoms with Gasteiger partial charge in [-0.25, -0.2) is 4.79 Å². The van der Waals surface area contributed by atoms with Crippen molar-refractivity contribution in [2.45, 2.75) is 6.92 Å². The fourth-order valence-corrected chi connectivity index (χ4v) is 1.84. The lowest BCUT2D eigenvalue weighted by Gasteiger charge is -2.07. The monoisotopic (exact) mass is 228 g/mol. The molecule has 0 saturated heterocycles. The minimum Gasteiger partial charge on any atom is -0.508 e. The normalized spacial score (nSPS) is 10.2. The predicted molar refractivity (Wildman–Crippen MR) is 65.2 cm³/mol. The van der Waals surface area contributed by atoms with Gasteiger partial charge in [-0.15, -0.1) is 0 Å². The molecule has 0 aliphatic heterocycles. The highest BCUT2D eigenvalue weighted by Gasteiger charge is 2.11. The largest absolute Gasteiger partial charge is 0.508 e. The Hall–Kier alpha value is -2.29. The van der Waals surface area contributed by atoms with E-state index in [4.69, 9.17) is 5.11 Å². The summed E-state index contributed by atoms with van der Waals surface area (Å²) in [6.07, 6.45) is 0. The number of aromatic hydroxyl groups is 1. The summed E-state index contributed by atoms with van der Waals surface area (Å²) in [5.41, 5.74) is 2.44. The summed E-state index contributed by atoms with van der Waals surface area (Å²) in [4.78, 5) is 11.1. The van der Waals surface area contributed by atoms with E-state index in [9.17, 15) is 9.90 Å². The van der Waals surface area contributed by atoms with Crippen molar-refractivity contribution < 1.29 is 15.0 Å². The van der Waals surface area contributed by atoms with Gasteiger partial charge < -0.3 is 10.2 Å². The van der Waals surface area contributed by atoms with E-state index < -0.39 is 5.97 Å². The molecule has 0 bridgehead atoms. The van der Waals surface area contributed by atoms with Crippen molar-refractivity contribution in [3.05, 3.63) is 53.6 Å². The van der Waals surface area contributed by atoms with Gasteiger partial charge in [0.15, 0.2) is 0 Å². The van der Waals surface area contributed by atoms with Crippen LogP contribution in [-0.2, 0) is 0 Å². The second-order valence-electron chi connectivity index (χ2n) is 3.91. The first-order valence-corrected chi connectivity index (χ1v) is 5.21. The SMILES string of the molecule is Cc1cc(O)cc(-c2ccccc2C(=O)O)c1. The summed E-state index contributed by atoms with van der Waals surface area (Å²) in [6.45, 7) is 1.85. The number of rotatable bonds is 2. The zero-order valence-corrected chi connectivity index (χ0v) is 9.34. The maximum Gasteiger partial charge on any atom is 0.336 e. The highest BCUT2D eigenvalue weighted by atomic mass is 16.4. The van der Waals surface area contributed by atoms with Crippen molar-refractivity contribution in [2.75, 3.05) is 0 Å². The van der Waals surface area contributed by atoms with Gasteiger partial charge >= 0.3 is 5.97 Å². The van der Waals surface area contributed by atoms with Gasteiger partial charge in [-0.1, -0.05) is 24.3 Å². The van der Waals surface area contributed by atoms with Crippen LogP contribution in [0, 0.1) is 6.92 Å². The van der Waals surface area contributed by atoms with Crippen LogP contribution in [0.2, 0.25) is 0 Å². The third kappa shape index (κ3) is 2.28. The number of phenols is 1. The summed E-state index contributed by atoms with van der Waals surface area (Å²) in [5, 5.41) is 18.6. The van der Waals surface area contributed by atoms with Gasteiger partial charge in [0, 0.05) is 0 Å². The Morgan fingerprint density at radius 3 is 2.47 bits per heavy atom. The summed E-state index contributed by atoms with van der Waals surface area (Å²) < 4.78 is 0. The summed E-state index contributed by atoms with van der Waals surface area (Å²) >= 11 is 0. The Kier molecular flexibility index (Phi) is 2.83. The Labute approximate surface area is 99.0 Å². The van der Waals surface area contributed by atoms with Crippen LogP contribution >= 0.6 is 0 Å². The average molecular weight is 228 g/mol. The second kappa shape index (κ2) is 4.29. The van der Waals surface area contributed by atoms with Crippen LogP contribution < -0.4 is 0 Å². The summed E-state index contributed by atoms with van der Waals surface area (Å²) in [6, 6.07) is 11.8. The number of benzene rings is 2.